The number of nitrogens with zero attached hydrogens (tertiary/aromatic N) is 2. The van der Waals surface area contributed by atoms with E-state index in [0.717, 1.165) is 0 Å². The number of methoxy groups -OCH3 is 1. The summed E-state index contributed by atoms with van der Waals surface area (Å²) in [5.74, 6) is -0.178. The molecule has 0 aliphatic carbocycles. The summed E-state index contributed by atoms with van der Waals surface area (Å²) in [6.45, 7) is 0. The van der Waals surface area contributed by atoms with Crippen LogP contribution in [-0.4, -0.2) is 23.4 Å². The van der Waals surface area contributed by atoms with Gasteiger partial charge in [0.25, 0.3) is 0 Å². The van der Waals surface area contributed by atoms with Gasteiger partial charge in [-0.25, -0.2) is 9.37 Å². The van der Waals surface area contributed by atoms with Gasteiger partial charge in [-0.2, -0.15) is 0 Å². The van der Waals surface area contributed by atoms with Crippen LogP contribution in [-0.2, 0) is 0 Å². The van der Waals surface area contributed by atoms with Gasteiger partial charge in [-0.3, -0.25) is 4.99 Å². The average Bonchev–Trinajstić information content (AvgIpc) is 2.41. The Kier molecular flexibility index (Phi) is 3.97. The van der Waals surface area contributed by atoms with Crippen molar-refractivity contribution in [3.8, 4) is 11.6 Å². The molecule has 2 rings (SSSR count). The van der Waals surface area contributed by atoms with E-state index in [4.69, 9.17) is 16.3 Å². The number of halogens is 2. The van der Waals surface area contributed by atoms with Crippen molar-refractivity contribution >= 4 is 23.5 Å². The van der Waals surface area contributed by atoms with E-state index in [1.54, 1.807) is 0 Å². The van der Waals surface area contributed by atoms with Crippen molar-refractivity contribution < 1.29 is 14.2 Å². The van der Waals surface area contributed by atoms with Crippen molar-refractivity contribution in [1.82, 2.24) is 4.98 Å². The van der Waals surface area contributed by atoms with Crippen LogP contribution in [0.4, 0.5) is 10.1 Å². The van der Waals surface area contributed by atoms with Crippen molar-refractivity contribution in [3.05, 3.63) is 46.9 Å². The van der Waals surface area contributed by atoms with Crippen molar-refractivity contribution in [2.45, 2.75) is 0 Å². The molecule has 0 aliphatic rings. The van der Waals surface area contributed by atoms with E-state index in [9.17, 15) is 9.50 Å². The highest BCUT2D eigenvalue weighted by Crippen LogP contribution is 2.23. The molecular weight excluding hydrogens is 271 g/mol. The first-order chi connectivity index (χ1) is 9.10. The molecule has 0 aliphatic heterocycles. The Morgan fingerprint density at radius 2 is 2.21 bits per heavy atom. The van der Waals surface area contributed by atoms with E-state index >= 15 is 0 Å². The SMILES string of the molecule is COc1cc(/C=N/c2ccc(F)c(Cl)c2)c(O)cn1. The fraction of sp³-hybridized carbons (Fsp3) is 0.0769. The van der Waals surface area contributed by atoms with Crippen molar-refractivity contribution in [2.24, 2.45) is 4.99 Å². The summed E-state index contributed by atoms with van der Waals surface area (Å²) in [6, 6.07) is 5.63. The van der Waals surface area contributed by atoms with Crippen LogP contribution in [0.1, 0.15) is 5.56 Å². The highest BCUT2D eigenvalue weighted by molar-refractivity contribution is 6.31. The van der Waals surface area contributed by atoms with Gasteiger partial charge in [-0.15, -0.1) is 0 Å². The molecule has 0 saturated carbocycles. The molecule has 1 aromatic heterocycles. The summed E-state index contributed by atoms with van der Waals surface area (Å²) in [5.41, 5.74) is 0.911. The van der Waals surface area contributed by atoms with Gasteiger partial charge in [0.2, 0.25) is 5.88 Å². The molecule has 0 fully saturated rings. The second-order valence-electron chi connectivity index (χ2n) is 3.64. The third kappa shape index (κ3) is 3.20. The van der Waals surface area contributed by atoms with Crippen LogP contribution in [0, 0.1) is 5.82 Å². The van der Waals surface area contributed by atoms with E-state index in [-0.39, 0.29) is 10.8 Å². The predicted octanol–water partition coefficient (Wildman–Crippen LogP) is 3.34. The molecule has 1 heterocycles. The predicted molar refractivity (Wildman–Crippen MR) is 71.1 cm³/mol. The lowest BCUT2D eigenvalue weighted by Crippen LogP contribution is -1.90. The van der Waals surface area contributed by atoms with Gasteiger partial charge >= 0.3 is 0 Å². The molecule has 0 saturated heterocycles. The average molecular weight is 281 g/mol. The van der Waals surface area contributed by atoms with Crippen molar-refractivity contribution in [2.75, 3.05) is 7.11 Å². The van der Waals surface area contributed by atoms with E-state index < -0.39 is 5.82 Å². The molecule has 0 radical (unpaired) electrons. The van der Waals surface area contributed by atoms with Gasteiger partial charge in [0, 0.05) is 17.8 Å². The number of ether oxygens (including phenoxy) is 1. The zero-order valence-corrected chi connectivity index (χ0v) is 10.7. The van der Waals surface area contributed by atoms with Gasteiger partial charge in [0.15, 0.2) is 0 Å². The molecule has 4 nitrogen and oxygen atoms in total. The summed E-state index contributed by atoms with van der Waals surface area (Å²) in [5, 5.41) is 9.60. The topological polar surface area (TPSA) is 54.7 Å². The minimum Gasteiger partial charge on any atom is -0.506 e. The van der Waals surface area contributed by atoms with Gasteiger partial charge < -0.3 is 9.84 Å². The maximum atomic E-state index is 13.0. The summed E-state index contributed by atoms with van der Waals surface area (Å²) in [7, 11) is 1.47. The highest BCUT2D eigenvalue weighted by Gasteiger charge is 2.03. The monoisotopic (exact) mass is 280 g/mol. The zero-order valence-electron chi connectivity index (χ0n) is 9.97. The van der Waals surface area contributed by atoms with E-state index in [0.29, 0.717) is 17.1 Å². The Hall–Kier alpha value is -2.14. The molecular formula is C13H10ClFN2O2. The molecule has 0 atom stereocenters. The van der Waals surface area contributed by atoms with Crippen LogP contribution in [0.25, 0.3) is 0 Å². The molecule has 1 aromatic carbocycles. The van der Waals surface area contributed by atoms with Crippen LogP contribution < -0.4 is 4.74 Å². The Bertz CT molecular complexity index is 632. The Balaban J connectivity index is 2.29. The van der Waals surface area contributed by atoms with Crippen LogP contribution in [0.2, 0.25) is 5.02 Å². The van der Waals surface area contributed by atoms with Gasteiger partial charge in [0.1, 0.15) is 11.6 Å². The molecule has 0 amide bonds. The summed E-state index contributed by atoms with van der Waals surface area (Å²) < 4.78 is 17.9. The third-order valence-electron chi connectivity index (χ3n) is 2.35. The standard InChI is InChI=1S/C13H10ClFN2O2/c1-19-13-4-8(12(18)7-17-13)6-16-9-2-3-11(15)10(14)5-9/h2-7,18H,1H3/b16-6+. The second kappa shape index (κ2) is 5.67. The molecule has 98 valence electrons. The highest BCUT2D eigenvalue weighted by atomic mass is 35.5. The van der Waals surface area contributed by atoms with Crippen LogP contribution in [0.15, 0.2) is 35.5 Å². The van der Waals surface area contributed by atoms with Crippen LogP contribution in [0.3, 0.4) is 0 Å². The number of benzene rings is 1. The minimum atomic E-state index is -0.506. The second-order valence-corrected chi connectivity index (χ2v) is 4.05. The number of hydrogen-bond donors (Lipinski definition) is 1. The lowest BCUT2D eigenvalue weighted by Gasteiger charge is -2.02. The van der Waals surface area contributed by atoms with Gasteiger partial charge in [-0.1, -0.05) is 11.6 Å². The van der Waals surface area contributed by atoms with Gasteiger partial charge in [0.05, 0.1) is 24.0 Å². The number of aliphatic imine (C=N–C) groups is 1. The number of pyridine rings is 1. The first-order valence-electron chi connectivity index (χ1n) is 5.32. The summed E-state index contributed by atoms with van der Waals surface area (Å²) in [6.07, 6.45) is 2.68. The zero-order chi connectivity index (χ0) is 13.8. The summed E-state index contributed by atoms with van der Waals surface area (Å²) in [4.78, 5) is 7.93. The molecule has 1 N–H and O–H groups in total. The molecule has 2 aromatic rings. The van der Waals surface area contributed by atoms with Crippen LogP contribution in [0.5, 0.6) is 11.6 Å². The number of aromatic hydroxyl groups is 1. The quantitative estimate of drug-likeness (QED) is 0.877. The molecule has 0 spiro atoms. The van der Waals surface area contributed by atoms with E-state index in [1.807, 2.05) is 0 Å². The minimum absolute atomic E-state index is 0.00817. The van der Waals surface area contributed by atoms with E-state index in [1.165, 1.54) is 43.8 Å². The van der Waals surface area contributed by atoms with Crippen LogP contribution >= 0.6 is 11.6 Å². The van der Waals surface area contributed by atoms with Crippen molar-refractivity contribution in [3.63, 3.8) is 0 Å². The Morgan fingerprint density at radius 1 is 1.42 bits per heavy atom. The maximum Gasteiger partial charge on any atom is 0.213 e. The molecule has 6 heteroatoms. The fourth-order valence-corrected chi connectivity index (χ4v) is 1.54. The molecule has 0 bridgehead atoms. The lowest BCUT2D eigenvalue weighted by molar-refractivity contribution is 0.394. The third-order valence-corrected chi connectivity index (χ3v) is 2.64. The number of rotatable bonds is 3. The molecule has 19 heavy (non-hydrogen) atoms. The van der Waals surface area contributed by atoms with E-state index in [2.05, 4.69) is 9.98 Å². The largest absolute Gasteiger partial charge is 0.506 e. The first-order valence-corrected chi connectivity index (χ1v) is 5.70. The smallest absolute Gasteiger partial charge is 0.213 e. The normalized spacial score (nSPS) is 10.9. The maximum absolute atomic E-state index is 13.0. The molecule has 0 unspecified atom stereocenters. The lowest BCUT2D eigenvalue weighted by atomic mass is 10.2. The van der Waals surface area contributed by atoms with Crippen molar-refractivity contribution in [1.29, 1.82) is 0 Å². The van der Waals surface area contributed by atoms with Gasteiger partial charge in [-0.05, 0) is 18.2 Å². The fourth-order valence-electron chi connectivity index (χ4n) is 1.37. The Morgan fingerprint density at radius 3 is 2.89 bits per heavy atom. The first kappa shape index (κ1) is 13.3. The number of hydrogen-bond acceptors (Lipinski definition) is 4. The summed E-state index contributed by atoms with van der Waals surface area (Å²) >= 11 is 5.65. The number of aromatic nitrogens is 1. The Labute approximate surface area is 114 Å².